The average Bonchev–Trinajstić information content (AvgIpc) is 1.61. The molecule has 1 N–H and O–H groups in total. The van der Waals surface area contributed by atoms with Crippen LogP contribution in [0.4, 0.5) is 17.5 Å². The molecule has 3 aliphatic heterocycles. The quantitative estimate of drug-likeness (QED) is 0.0781. The summed E-state index contributed by atoms with van der Waals surface area (Å²) in [6.45, 7) is 9.61. The largest absolute Gasteiger partial charge is 0.356 e. The molecular formula is C93H78N24O3. The lowest BCUT2D eigenvalue weighted by atomic mass is 9.89. The first-order valence-electron chi connectivity index (χ1n) is 38.9. The summed E-state index contributed by atoms with van der Waals surface area (Å²) in [5.74, 6) is 13.3. The van der Waals surface area contributed by atoms with Gasteiger partial charge in [-0.25, -0.2) is 28.5 Å². The number of nitrogens with one attached hydrogen (secondary N) is 1. The molecule has 3 fully saturated rings. The minimum atomic E-state index is -0.313. The second-order valence-electron chi connectivity index (χ2n) is 29.8. The highest BCUT2D eigenvalue weighted by atomic mass is 16.2. The zero-order chi connectivity index (χ0) is 83.0. The van der Waals surface area contributed by atoms with Crippen LogP contribution in [0.2, 0.25) is 0 Å². The van der Waals surface area contributed by atoms with Crippen molar-refractivity contribution in [2.24, 2.45) is 21.1 Å². The molecule has 3 aliphatic rings. The van der Waals surface area contributed by atoms with Gasteiger partial charge in [-0.05, 0) is 123 Å². The molecule has 120 heavy (non-hydrogen) atoms. The molecule has 27 heteroatoms. The third-order valence-electron chi connectivity index (χ3n) is 21.8. The van der Waals surface area contributed by atoms with E-state index in [1.807, 2.05) is 162 Å². The fourth-order valence-corrected chi connectivity index (χ4v) is 15.1. The number of piperazine rings is 2. The Hall–Kier alpha value is -16.1. The molecule has 15 aromatic rings. The van der Waals surface area contributed by atoms with E-state index >= 15 is 0 Å². The zero-order valence-electron chi connectivity index (χ0n) is 66.2. The fourth-order valence-electron chi connectivity index (χ4n) is 15.1. The van der Waals surface area contributed by atoms with Gasteiger partial charge in [0.2, 0.25) is 0 Å². The van der Waals surface area contributed by atoms with Crippen molar-refractivity contribution in [2.45, 2.75) is 25.3 Å². The molecule has 588 valence electrons. The topological polar surface area (TPSA) is 295 Å². The Morgan fingerprint density at radius 3 is 1.18 bits per heavy atom. The summed E-state index contributed by atoms with van der Waals surface area (Å²) in [5, 5.41) is 58.4. The van der Waals surface area contributed by atoms with Crippen molar-refractivity contribution in [3.8, 4) is 121 Å². The van der Waals surface area contributed by atoms with Crippen molar-refractivity contribution in [3.63, 3.8) is 0 Å². The van der Waals surface area contributed by atoms with E-state index in [4.69, 9.17) is 27.8 Å². The molecule has 27 nitrogen and oxygen atoms in total. The highest BCUT2D eigenvalue weighted by molar-refractivity contribution is 5.98. The van der Waals surface area contributed by atoms with Crippen molar-refractivity contribution in [1.82, 2.24) is 88.3 Å². The van der Waals surface area contributed by atoms with Crippen molar-refractivity contribution in [2.75, 3.05) is 86.7 Å². The van der Waals surface area contributed by atoms with Gasteiger partial charge in [-0.3, -0.25) is 33.3 Å². The monoisotopic (exact) mass is 1580 g/mol. The van der Waals surface area contributed by atoms with Crippen LogP contribution in [-0.4, -0.2) is 178 Å². The first-order valence-corrected chi connectivity index (χ1v) is 38.9. The predicted octanol–water partition coefficient (Wildman–Crippen LogP) is 11.5. The number of pyridine rings is 6. The van der Waals surface area contributed by atoms with E-state index in [1.165, 1.54) is 0 Å². The normalized spacial score (nSPS) is 13.8. The minimum absolute atomic E-state index is 0.0935. The standard InChI is InChI=1S/C32H28N8O.C31H26N8O.C30H24N8O/c1-4-22-5-7-23(8-6-22)31(41)37-32(2)11-13-39(14-12-32)29-10-9-24(17-34-29)28-15-25(27-19-35-38(3)20-27)21-40-30(28)26(16-33)18-36-40;1-3-22-4-6-23(7-5-22)29(40)21-37-10-12-38(13-11-37)30-9-8-24(16-33-30)28-14-25(27-18-34-36(2)19-27)20-39-31(28)26(15-32)17-35-39;1-35-20-26(19-33-35)24-15-27(30-25(16-31)18-34-38(30)21-24)23-8-9-28(32-17-23)36-11-13-37(14-12-36)29(39)10-7-22-5-3-2-4-6-22/h1,5-10,15,17-21H,11-14H2,2-3H3,(H,37,41);1,4-9,14,16-20H,10-13,21H2,2H3;2-6,8-9,15,17-21H,11-14H2,1H3. The number of hydrogen-bond donors (Lipinski definition) is 1. The van der Waals surface area contributed by atoms with Gasteiger partial charge in [-0.1, -0.05) is 48.1 Å². The first kappa shape index (κ1) is 77.8. The van der Waals surface area contributed by atoms with E-state index in [9.17, 15) is 30.2 Å². The molecule has 0 spiro atoms. The van der Waals surface area contributed by atoms with E-state index in [1.54, 1.807) is 106 Å². The van der Waals surface area contributed by atoms with Gasteiger partial charge in [0.15, 0.2) is 5.78 Å². The Morgan fingerprint density at radius 2 is 0.808 bits per heavy atom. The number of piperidine rings is 1. The molecule has 0 unspecified atom stereocenters. The number of rotatable bonds is 14. The number of carbonyl (C=O) groups is 3. The maximum atomic E-state index is 12.9. The zero-order valence-corrected chi connectivity index (χ0v) is 66.2. The summed E-state index contributed by atoms with van der Waals surface area (Å²) in [6.07, 6.45) is 39.7. The summed E-state index contributed by atoms with van der Waals surface area (Å²) >= 11 is 0. The van der Waals surface area contributed by atoms with E-state index in [-0.39, 0.29) is 23.1 Å². The molecule has 0 radical (unpaired) electrons. The summed E-state index contributed by atoms with van der Waals surface area (Å²) < 4.78 is 10.5. The maximum Gasteiger partial charge on any atom is 0.298 e. The van der Waals surface area contributed by atoms with Crippen LogP contribution >= 0.6 is 0 Å². The second kappa shape index (κ2) is 34.2. The third-order valence-corrected chi connectivity index (χ3v) is 21.8. The summed E-state index contributed by atoms with van der Waals surface area (Å²) in [6, 6.07) is 48.8. The van der Waals surface area contributed by atoms with Gasteiger partial charge >= 0.3 is 0 Å². The fraction of sp³-hybridized carbons (Fsp3) is 0.194. The number of amides is 2. The van der Waals surface area contributed by atoms with Crippen LogP contribution in [-0.2, 0) is 25.9 Å². The first-order chi connectivity index (χ1) is 58.5. The number of carbonyl (C=O) groups excluding carboxylic acids is 3. The van der Waals surface area contributed by atoms with Gasteiger partial charge in [0.25, 0.3) is 11.8 Å². The van der Waals surface area contributed by atoms with E-state index < -0.39 is 0 Å². The number of fused-ring (bicyclic) bond motifs is 3. The van der Waals surface area contributed by atoms with Gasteiger partial charge in [-0.15, -0.1) is 12.8 Å². The molecule has 0 aliphatic carbocycles. The summed E-state index contributed by atoms with van der Waals surface area (Å²) in [4.78, 5) is 63.1. The highest BCUT2D eigenvalue weighted by Gasteiger charge is 2.33. The highest BCUT2D eigenvalue weighted by Crippen LogP contribution is 2.37. The van der Waals surface area contributed by atoms with Crippen LogP contribution in [0.15, 0.2) is 226 Å². The Kier molecular flexibility index (Phi) is 22.2. The number of Topliss-reactive ketones (excluding diaryl/α,β-unsaturated/α-hetero) is 1. The average molecular weight is 1580 g/mol. The second-order valence-corrected chi connectivity index (χ2v) is 29.8. The van der Waals surface area contributed by atoms with Gasteiger partial charge in [-0.2, -0.15) is 46.4 Å². The number of nitrogens with zero attached hydrogens (tertiary/aromatic N) is 23. The predicted molar refractivity (Wildman–Crippen MR) is 457 cm³/mol. The molecule has 0 atom stereocenters. The molecule has 12 aromatic heterocycles. The Labute approximate surface area is 691 Å². The number of aromatic nitrogens is 15. The molecule has 18 rings (SSSR count). The number of anilines is 3. The van der Waals surface area contributed by atoms with E-state index in [2.05, 4.69) is 116 Å². The molecule has 0 bridgehead atoms. The summed E-state index contributed by atoms with van der Waals surface area (Å²) in [5.41, 5.74) is 18.1. The van der Waals surface area contributed by atoms with Gasteiger partial charge in [0.1, 0.15) is 35.7 Å². The lowest BCUT2D eigenvalue weighted by molar-refractivity contribution is -0.125. The maximum absolute atomic E-state index is 12.9. The lowest BCUT2D eigenvalue weighted by Gasteiger charge is -2.40. The van der Waals surface area contributed by atoms with Crippen molar-refractivity contribution in [3.05, 3.63) is 271 Å². The van der Waals surface area contributed by atoms with Gasteiger partial charge in [0.05, 0.1) is 77.0 Å². The van der Waals surface area contributed by atoms with Crippen LogP contribution in [0.1, 0.15) is 73.9 Å². The smallest absolute Gasteiger partial charge is 0.298 e. The van der Waals surface area contributed by atoms with Gasteiger partial charge in [0, 0.05) is 248 Å². The lowest BCUT2D eigenvalue weighted by Crippen LogP contribution is -2.53. The molecule has 15 heterocycles. The Balaban J connectivity index is 0.000000134. The molecule has 2 amide bonds. The Bertz CT molecular complexity index is 6640. The number of aryl methyl sites for hydroxylation is 3. The van der Waals surface area contributed by atoms with Crippen LogP contribution in [0, 0.1) is 70.5 Å². The minimum Gasteiger partial charge on any atom is -0.356 e. The number of nitriles is 3. The molecular weight excluding hydrogens is 1500 g/mol. The SMILES string of the molecule is C#Cc1ccc(C(=O)CN2CCN(c3ccc(-c4cc(-c5cnn(C)c5)cn5ncc(C#N)c45)cn3)CC2)cc1.C#Cc1ccc(C(=O)NC2(C)CCN(c3ccc(-c4cc(-c5cnn(C)c5)cn5ncc(C#N)c45)cn3)CC2)cc1.Cn1cc(-c2cc(-c3ccc(N4CCN(C(=O)C#Cc5ccccc5)CC4)nc3)c3c(C#N)cnn3c2)cn1. The van der Waals surface area contributed by atoms with Crippen LogP contribution in [0.3, 0.4) is 0 Å². The molecule has 3 aromatic carbocycles. The van der Waals surface area contributed by atoms with Crippen molar-refractivity contribution in [1.29, 1.82) is 15.8 Å². The van der Waals surface area contributed by atoms with Crippen LogP contribution in [0.25, 0.3) is 83.3 Å². The van der Waals surface area contributed by atoms with Crippen LogP contribution in [0.5, 0.6) is 0 Å². The number of hydrogen-bond acceptors (Lipinski definition) is 19. The molecule has 3 saturated heterocycles. The van der Waals surface area contributed by atoms with Crippen LogP contribution < -0.4 is 20.0 Å². The van der Waals surface area contributed by atoms with E-state index in [0.29, 0.717) is 60.5 Å². The molecule has 0 saturated carbocycles. The number of ketones is 1. The number of benzene rings is 3. The van der Waals surface area contributed by atoms with E-state index in [0.717, 1.165) is 170 Å². The van der Waals surface area contributed by atoms with Gasteiger partial charge < -0.3 is 24.9 Å². The van der Waals surface area contributed by atoms with Crippen molar-refractivity contribution >= 4 is 51.6 Å². The van der Waals surface area contributed by atoms with Crippen molar-refractivity contribution < 1.29 is 14.4 Å². The Morgan fingerprint density at radius 1 is 0.417 bits per heavy atom. The third kappa shape index (κ3) is 16.9. The number of terminal acetylenes is 2. The summed E-state index contributed by atoms with van der Waals surface area (Å²) in [7, 11) is 5.63.